The van der Waals surface area contributed by atoms with Gasteiger partial charge in [-0.3, -0.25) is 10.2 Å². The summed E-state index contributed by atoms with van der Waals surface area (Å²) >= 11 is 1.38. The Balaban J connectivity index is 1.30. The molecule has 0 saturated carbocycles. The van der Waals surface area contributed by atoms with Gasteiger partial charge in [0.05, 0.1) is 59.4 Å². The fourth-order valence-corrected chi connectivity index (χ4v) is 6.73. The molecule has 0 bridgehead atoms. The largest absolute Gasteiger partial charge is 0.494 e. The molecule has 1 N–H and O–H groups in total. The van der Waals surface area contributed by atoms with Gasteiger partial charge in [-0.15, -0.1) is 0 Å². The number of benzene rings is 4. The van der Waals surface area contributed by atoms with Gasteiger partial charge < -0.3 is 33.2 Å². The third kappa shape index (κ3) is 16.9. The Hall–Kier alpha value is -7.33. The Morgan fingerprint density at radius 2 is 1.16 bits per heavy atom. The molecular formula is C51H55N3O12S. The molecule has 4 aromatic carbocycles. The first-order valence-corrected chi connectivity index (χ1v) is 22.7. The minimum atomic E-state index is -0.974. The van der Waals surface area contributed by atoms with E-state index in [2.05, 4.69) is 28.7 Å². The smallest absolute Gasteiger partial charge is 0.343 e. The summed E-state index contributed by atoms with van der Waals surface area (Å²) in [6.45, 7) is 13.4. The highest BCUT2D eigenvalue weighted by molar-refractivity contribution is 7.22. The first-order valence-electron chi connectivity index (χ1n) is 21.9. The zero-order valence-corrected chi connectivity index (χ0v) is 38.7. The van der Waals surface area contributed by atoms with E-state index in [1.807, 2.05) is 24.3 Å². The van der Waals surface area contributed by atoms with Gasteiger partial charge in [-0.2, -0.15) is 5.10 Å². The minimum Gasteiger partial charge on any atom is -0.494 e. The van der Waals surface area contributed by atoms with E-state index in [9.17, 15) is 24.0 Å². The number of rotatable bonds is 26. The molecule has 0 aliphatic rings. The van der Waals surface area contributed by atoms with Crippen molar-refractivity contribution in [1.29, 1.82) is 0 Å². The van der Waals surface area contributed by atoms with E-state index in [-0.39, 0.29) is 33.9 Å². The molecule has 5 rings (SSSR count). The van der Waals surface area contributed by atoms with Crippen molar-refractivity contribution in [3.8, 4) is 28.7 Å². The predicted octanol–water partition coefficient (Wildman–Crippen LogP) is 10.5. The summed E-state index contributed by atoms with van der Waals surface area (Å²) in [6, 6.07) is 23.2. The molecule has 0 unspecified atom stereocenters. The van der Waals surface area contributed by atoms with Crippen LogP contribution in [0, 0.1) is 5.41 Å². The van der Waals surface area contributed by atoms with Crippen LogP contribution in [0.5, 0.6) is 28.7 Å². The summed E-state index contributed by atoms with van der Waals surface area (Å²) in [4.78, 5) is 67.6. The highest BCUT2D eigenvalue weighted by Crippen LogP contribution is 2.38. The Kier molecular flexibility index (Phi) is 19.6. The number of ether oxygens (including phenoxy) is 7. The number of nitrogens with one attached hydrogen (secondary N) is 1. The zero-order valence-electron chi connectivity index (χ0n) is 37.9. The van der Waals surface area contributed by atoms with Crippen molar-refractivity contribution in [2.75, 3.05) is 31.9 Å². The number of para-hydroxylation sites is 1. The lowest BCUT2D eigenvalue weighted by Gasteiger charge is -2.19. The second kappa shape index (κ2) is 26.0. The van der Waals surface area contributed by atoms with Crippen molar-refractivity contribution >= 4 is 62.7 Å². The fourth-order valence-electron chi connectivity index (χ4n) is 5.92. The van der Waals surface area contributed by atoms with Crippen LogP contribution in [0.3, 0.4) is 0 Å². The number of anilines is 1. The summed E-state index contributed by atoms with van der Waals surface area (Å²) in [5.41, 5.74) is 3.23. The number of carbonyl (C=O) groups excluding carboxylic acids is 5. The van der Waals surface area contributed by atoms with Crippen LogP contribution in [0.2, 0.25) is 0 Å². The number of esters is 5. The van der Waals surface area contributed by atoms with Crippen molar-refractivity contribution in [3.05, 3.63) is 127 Å². The normalized spacial score (nSPS) is 11.1. The Morgan fingerprint density at radius 1 is 0.642 bits per heavy atom. The molecule has 1 aromatic heterocycles. The molecular weight excluding hydrogens is 879 g/mol. The van der Waals surface area contributed by atoms with Gasteiger partial charge in [-0.05, 0) is 139 Å². The van der Waals surface area contributed by atoms with E-state index >= 15 is 0 Å². The molecule has 0 atom stereocenters. The molecule has 5 aromatic rings. The number of carbonyl (C=O) groups is 5. The maximum absolute atomic E-state index is 13.8. The number of hydrogen-bond acceptors (Lipinski definition) is 16. The van der Waals surface area contributed by atoms with Crippen molar-refractivity contribution in [2.45, 2.75) is 72.1 Å². The first kappa shape index (κ1) is 50.7. The van der Waals surface area contributed by atoms with E-state index in [0.29, 0.717) is 43.1 Å². The van der Waals surface area contributed by atoms with Gasteiger partial charge in [-0.1, -0.05) is 36.6 Å². The molecule has 0 spiro atoms. The van der Waals surface area contributed by atoms with Crippen LogP contribution in [0.15, 0.2) is 115 Å². The SMILES string of the molecule is C=CC(=O)OCCCCCCOc1ccc(C(=O)Oc2cc(/C=N/Nc3nc4ccccc4s3)c(OC(=O)c3ccc(OCCCCCCOC(=O)C=C)cc3)c(OC(=O)C(C)(C)C)c2)cc1. The molecule has 1 heterocycles. The first-order chi connectivity index (χ1) is 32.3. The summed E-state index contributed by atoms with van der Waals surface area (Å²) < 4.78 is 40.3. The molecule has 15 nitrogen and oxygen atoms in total. The van der Waals surface area contributed by atoms with Crippen LogP contribution in [-0.2, 0) is 23.9 Å². The third-order valence-electron chi connectivity index (χ3n) is 9.55. The number of unbranched alkanes of at least 4 members (excludes halogenated alkanes) is 6. The van der Waals surface area contributed by atoms with E-state index in [1.165, 1.54) is 29.7 Å². The second-order valence-corrected chi connectivity index (χ2v) is 17.0. The molecule has 0 radical (unpaired) electrons. The van der Waals surface area contributed by atoms with Crippen LogP contribution in [-0.4, -0.2) is 67.5 Å². The lowest BCUT2D eigenvalue weighted by atomic mass is 9.97. The lowest BCUT2D eigenvalue weighted by molar-refractivity contribution is -0.143. The Labute approximate surface area is 393 Å². The highest BCUT2D eigenvalue weighted by atomic mass is 32.1. The van der Waals surface area contributed by atoms with E-state index in [0.717, 1.165) is 73.7 Å². The standard InChI is InChI=1S/C51H55N3O12S/c1-6-44(55)62-30-16-10-8-14-28-60-38-24-20-35(21-25-38)47(57)64-40-32-37(34-52-54-50-53-41-18-12-13-19-43(41)67-50)46(42(33-40)65-49(59)51(3,4)5)66-48(58)36-22-26-39(27-23-36)61-29-15-9-11-17-31-63-45(56)7-2/h6-7,12-13,18-27,32-34H,1-2,8-11,14-17,28-31H2,3-5H3,(H,53,54)/b52-34+. The maximum Gasteiger partial charge on any atom is 0.343 e. The van der Waals surface area contributed by atoms with E-state index in [4.69, 9.17) is 33.2 Å². The van der Waals surface area contributed by atoms with Gasteiger partial charge in [0.15, 0.2) is 11.5 Å². The van der Waals surface area contributed by atoms with Gasteiger partial charge in [0.2, 0.25) is 5.13 Å². The average molecular weight is 934 g/mol. The van der Waals surface area contributed by atoms with Gasteiger partial charge in [0, 0.05) is 23.8 Å². The molecule has 0 saturated heterocycles. The lowest BCUT2D eigenvalue weighted by Crippen LogP contribution is -2.26. The molecule has 0 fully saturated rings. The summed E-state index contributed by atoms with van der Waals surface area (Å²) in [5, 5.41) is 4.86. The van der Waals surface area contributed by atoms with E-state index in [1.54, 1.807) is 69.3 Å². The molecule has 0 aliphatic carbocycles. The van der Waals surface area contributed by atoms with Crippen molar-refractivity contribution in [2.24, 2.45) is 10.5 Å². The topological polar surface area (TPSA) is 187 Å². The summed E-state index contributed by atoms with van der Waals surface area (Å²) in [6.07, 6.45) is 10.2. The number of thiazole rings is 1. The van der Waals surface area contributed by atoms with Crippen LogP contribution >= 0.6 is 11.3 Å². The molecule has 352 valence electrons. The second-order valence-electron chi connectivity index (χ2n) is 15.9. The van der Waals surface area contributed by atoms with Crippen molar-refractivity contribution < 1.29 is 57.1 Å². The van der Waals surface area contributed by atoms with Crippen LogP contribution in [0.4, 0.5) is 5.13 Å². The minimum absolute atomic E-state index is 0.0276. The van der Waals surface area contributed by atoms with Crippen molar-refractivity contribution in [3.63, 3.8) is 0 Å². The number of hydrazone groups is 1. The Bertz CT molecular complexity index is 2480. The molecule has 0 aliphatic heterocycles. The van der Waals surface area contributed by atoms with Crippen LogP contribution < -0.4 is 29.1 Å². The fraction of sp³-hybridized carbons (Fsp3) is 0.314. The molecule has 16 heteroatoms. The van der Waals surface area contributed by atoms with E-state index < -0.39 is 35.3 Å². The maximum atomic E-state index is 13.8. The third-order valence-corrected chi connectivity index (χ3v) is 10.5. The van der Waals surface area contributed by atoms with Crippen molar-refractivity contribution in [1.82, 2.24) is 4.98 Å². The quantitative estimate of drug-likeness (QED) is 0.0138. The Morgan fingerprint density at radius 3 is 1.69 bits per heavy atom. The van der Waals surface area contributed by atoms with Gasteiger partial charge in [0.1, 0.15) is 17.2 Å². The van der Waals surface area contributed by atoms with Gasteiger partial charge in [-0.25, -0.2) is 24.2 Å². The van der Waals surface area contributed by atoms with Crippen LogP contribution in [0.1, 0.15) is 98.4 Å². The average Bonchev–Trinajstić information content (AvgIpc) is 3.74. The van der Waals surface area contributed by atoms with Gasteiger partial charge in [0.25, 0.3) is 0 Å². The molecule has 0 amide bonds. The number of hydrogen-bond donors (Lipinski definition) is 1. The summed E-state index contributed by atoms with van der Waals surface area (Å²) in [5.74, 6) is -2.27. The highest BCUT2D eigenvalue weighted by Gasteiger charge is 2.28. The molecule has 67 heavy (non-hydrogen) atoms. The summed E-state index contributed by atoms with van der Waals surface area (Å²) in [7, 11) is 0. The predicted molar refractivity (Wildman–Crippen MR) is 255 cm³/mol. The van der Waals surface area contributed by atoms with Gasteiger partial charge >= 0.3 is 29.8 Å². The van der Waals surface area contributed by atoms with Crippen LogP contribution in [0.25, 0.3) is 10.2 Å². The number of fused-ring (bicyclic) bond motifs is 1. The number of nitrogens with zero attached hydrogens (tertiary/aromatic N) is 2. The number of aromatic nitrogens is 1. The zero-order chi connectivity index (χ0) is 48.0. The monoisotopic (exact) mass is 933 g/mol.